The number of non-ortho nitro benzene ring substituents is 1. The van der Waals surface area contributed by atoms with E-state index in [1.165, 1.54) is 43.5 Å². The number of carbonyl (C=O) groups excluding carboxylic acids is 1. The van der Waals surface area contributed by atoms with Crippen molar-refractivity contribution in [3.8, 4) is 0 Å². The number of nitro benzene ring substituents is 1. The molecule has 0 atom stereocenters. The first-order valence-electron chi connectivity index (χ1n) is 10.4. The Bertz CT molecular complexity index is 1630. The zero-order valence-corrected chi connectivity index (χ0v) is 20.4. The molecule has 36 heavy (non-hydrogen) atoms. The van der Waals surface area contributed by atoms with Crippen LogP contribution in [0.2, 0.25) is 0 Å². The monoisotopic (exact) mass is 530 g/mol. The number of halogens is 1. The van der Waals surface area contributed by atoms with Crippen molar-refractivity contribution < 1.29 is 27.3 Å². The molecule has 186 valence electrons. The number of carbonyl (C=O) groups is 1. The van der Waals surface area contributed by atoms with Crippen molar-refractivity contribution in [1.82, 2.24) is 4.57 Å². The molecule has 0 bridgehead atoms. The van der Waals surface area contributed by atoms with Crippen molar-refractivity contribution in [2.45, 2.75) is 11.4 Å². The molecule has 4 rings (SSSR count). The second-order valence-corrected chi connectivity index (χ2v) is 10.2. The first-order chi connectivity index (χ1) is 17.2. The Morgan fingerprint density at radius 2 is 1.92 bits per heavy atom. The molecule has 0 fully saturated rings. The Hall–Kier alpha value is -3.94. The molecule has 0 aliphatic rings. The van der Waals surface area contributed by atoms with Gasteiger partial charge in [-0.05, 0) is 48.5 Å². The SMILES string of the molecule is COCCn1c(=NC(=O)c2cccc(NS(=O)(=O)c3ccc(F)cc3)c2)sc2cc([N+](=O)[O-])ccc21. The van der Waals surface area contributed by atoms with E-state index in [2.05, 4.69) is 9.71 Å². The molecular weight excluding hydrogens is 511 g/mol. The van der Waals surface area contributed by atoms with Crippen LogP contribution in [0.15, 0.2) is 76.6 Å². The molecule has 0 aliphatic carbocycles. The number of fused-ring (bicyclic) bond motifs is 1. The third-order valence-electron chi connectivity index (χ3n) is 5.08. The van der Waals surface area contributed by atoms with Gasteiger partial charge in [-0.3, -0.25) is 19.6 Å². The van der Waals surface area contributed by atoms with E-state index in [1.54, 1.807) is 10.6 Å². The summed E-state index contributed by atoms with van der Waals surface area (Å²) in [5.41, 5.74) is 0.826. The molecule has 0 spiro atoms. The van der Waals surface area contributed by atoms with Crippen LogP contribution in [0.1, 0.15) is 10.4 Å². The van der Waals surface area contributed by atoms with Gasteiger partial charge in [0, 0.05) is 37.0 Å². The van der Waals surface area contributed by atoms with E-state index in [-0.39, 0.29) is 21.8 Å². The maximum absolute atomic E-state index is 13.1. The van der Waals surface area contributed by atoms with Crippen molar-refractivity contribution in [2.75, 3.05) is 18.4 Å². The number of benzene rings is 3. The third-order valence-corrected chi connectivity index (χ3v) is 7.52. The highest BCUT2D eigenvalue weighted by Crippen LogP contribution is 2.24. The van der Waals surface area contributed by atoms with Crippen LogP contribution in [0.3, 0.4) is 0 Å². The topological polar surface area (TPSA) is 133 Å². The van der Waals surface area contributed by atoms with Crippen molar-refractivity contribution in [2.24, 2.45) is 4.99 Å². The lowest BCUT2D eigenvalue weighted by molar-refractivity contribution is -0.384. The van der Waals surface area contributed by atoms with E-state index in [4.69, 9.17) is 4.74 Å². The average molecular weight is 531 g/mol. The fourth-order valence-electron chi connectivity index (χ4n) is 3.35. The van der Waals surface area contributed by atoms with E-state index in [0.717, 1.165) is 35.6 Å². The van der Waals surface area contributed by atoms with E-state index in [1.807, 2.05) is 0 Å². The minimum atomic E-state index is -4.01. The zero-order valence-electron chi connectivity index (χ0n) is 18.8. The minimum absolute atomic E-state index is 0.0818. The van der Waals surface area contributed by atoms with Crippen molar-refractivity contribution in [1.29, 1.82) is 0 Å². The maximum Gasteiger partial charge on any atom is 0.279 e. The number of hydrogen-bond acceptors (Lipinski definition) is 7. The summed E-state index contributed by atoms with van der Waals surface area (Å²) in [6.45, 7) is 0.683. The molecule has 0 unspecified atom stereocenters. The summed E-state index contributed by atoms with van der Waals surface area (Å²) >= 11 is 1.11. The van der Waals surface area contributed by atoms with Gasteiger partial charge in [0.1, 0.15) is 5.82 Å². The first kappa shape index (κ1) is 25.2. The van der Waals surface area contributed by atoms with Gasteiger partial charge >= 0.3 is 0 Å². The van der Waals surface area contributed by atoms with Crippen LogP contribution in [-0.2, 0) is 21.3 Å². The number of hydrogen-bond donors (Lipinski definition) is 1. The number of rotatable bonds is 8. The highest BCUT2D eigenvalue weighted by atomic mass is 32.2. The molecule has 0 aliphatic heterocycles. The number of anilines is 1. The molecule has 13 heteroatoms. The van der Waals surface area contributed by atoms with Gasteiger partial charge < -0.3 is 9.30 Å². The molecule has 1 N–H and O–H groups in total. The quantitative estimate of drug-likeness (QED) is 0.271. The van der Waals surface area contributed by atoms with E-state index in [9.17, 15) is 27.7 Å². The minimum Gasteiger partial charge on any atom is -0.383 e. The molecule has 4 aromatic rings. The van der Waals surface area contributed by atoms with Gasteiger partial charge in [-0.2, -0.15) is 4.99 Å². The highest BCUT2D eigenvalue weighted by Gasteiger charge is 2.16. The molecule has 0 saturated carbocycles. The number of aromatic nitrogens is 1. The lowest BCUT2D eigenvalue weighted by Crippen LogP contribution is -2.19. The van der Waals surface area contributed by atoms with Gasteiger partial charge in [0.05, 0.1) is 26.6 Å². The second kappa shape index (κ2) is 10.4. The number of thiazole rings is 1. The largest absolute Gasteiger partial charge is 0.383 e. The van der Waals surface area contributed by atoms with Crippen LogP contribution in [0.5, 0.6) is 0 Å². The van der Waals surface area contributed by atoms with Crippen LogP contribution >= 0.6 is 11.3 Å². The maximum atomic E-state index is 13.1. The number of methoxy groups -OCH3 is 1. The fourth-order valence-corrected chi connectivity index (χ4v) is 5.49. The Labute approximate surface area is 208 Å². The van der Waals surface area contributed by atoms with Crippen molar-refractivity contribution in [3.63, 3.8) is 0 Å². The number of ether oxygens (including phenoxy) is 1. The molecular formula is C23H19FN4O6S2. The lowest BCUT2D eigenvalue weighted by Gasteiger charge is -2.09. The highest BCUT2D eigenvalue weighted by molar-refractivity contribution is 7.92. The van der Waals surface area contributed by atoms with Gasteiger partial charge in [-0.15, -0.1) is 0 Å². The molecule has 1 amide bonds. The summed E-state index contributed by atoms with van der Waals surface area (Å²) in [5, 5.41) is 11.1. The van der Waals surface area contributed by atoms with E-state index >= 15 is 0 Å². The van der Waals surface area contributed by atoms with Crippen molar-refractivity contribution in [3.05, 3.63) is 93.0 Å². The predicted octanol–water partition coefficient (Wildman–Crippen LogP) is 3.94. The summed E-state index contributed by atoms with van der Waals surface area (Å²) < 4.78 is 48.2. The average Bonchev–Trinajstić information content (AvgIpc) is 3.18. The van der Waals surface area contributed by atoms with Crippen molar-refractivity contribution >= 4 is 48.9 Å². The van der Waals surface area contributed by atoms with Gasteiger partial charge in [-0.25, -0.2) is 12.8 Å². The lowest BCUT2D eigenvalue weighted by atomic mass is 10.2. The predicted molar refractivity (Wildman–Crippen MR) is 132 cm³/mol. The van der Waals surface area contributed by atoms with Crippen LogP contribution in [0, 0.1) is 15.9 Å². The molecule has 3 aromatic carbocycles. The first-order valence-corrected chi connectivity index (χ1v) is 12.7. The molecule has 1 heterocycles. The summed E-state index contributed by atoms with van der Waals surface area (Å²) in [5.74, 6) is -1.20. The second-order valence-electron chi connectivity index (χ2n) is 7.50. The Morgan fingerprint density at radius 1 is 1.17 bits per heavy atom. The summed E-state index contributed by atoms with van der Waals surface area (Å²) in [7, 11) is -2.48. The number of amides is 1. The van der Waals surface area contributed by atoms with E-state index < -0.39 is 26.7 Å². The molecule has 10 nitrogen and oxygen atoms in total. The summed E-state index contributed by atoms with van der Waals surface area (Å²) in [6.07, 6.45) is 0. The van der Waals surface area contributed by atoms with Crippen LogP contribution in [0.25, 0.3) is 10.2 Å². The Morgan fingerprint density at radius 3 is 2.61 bits per heavy atom. The number of nitrogens with one attached hydrogen (secondary N) is 1. The van der Waals surface area contributed by atoms with Gasteiger partial charge in [0.15, 0.2) is 4.80 Å². The molecule has 1 aromatic heterocycles. The van der Waals surface area contributed by atoms with Gasteiger partial charge in [-0.1, -0.05) is 17.4 Å². The van der Waals surface area contributed by atoms with Crippen LogP contribution in [0.4, 0.5) is 15.8 Å². The summed E-state index contributed by atoms with van der Waals surface area (Å²) in [4.78, 5) is 28.0. The fraction of sp³-hybridized carbons (Fsp3) is 0.130. The number of nitro groups is 1. The number of nitrogens with zero attached hydrogens (tertiary/aromatic N) is 3. The molecule has 0 radical (unpaired) electrons. The smallest absolute Gasteiger partial charge is 0.279 e. The van der Waals surface area contributed by atoms with Gasteiger partial charge in [0.25, 0.3) is 21.6 Å². The summed E-state index contributed by atoms with van der Waals surface area (Å²) in [6, 6.07) is 14.5. The van der Waals surface area contributed by atoms with Gasteiger partial charge in [0.2, 0.25) is 0 Å². The van der Waals surface area contributed by atoms with Crippen LogP contribution in [-0.4, -0.2) is 37.5 Å². The Kier molecular flexibility index (Phi) is 7.24. The molecule has 0 saturated heterocycles. The normalized spacial score (nSPS) is 12.1. The standard InChI is InChI=1S/C23H19FN4O6S2/c1-34-12-11-27-20-10-7-18(28(30)31)14-21(20)35-23(27)25-22(29)15-3-2-4-17(13-15)26-36(32,33)19-8-5-16(24)6-9-19/h2-10,13-14,26H,11-12H2,1H3. The third kappa shape index (κ3) is 5.48. The Balaban J connectivity index is 1.68. The van der Waals surface area contributed by atoms with Crippen LogP contribution < -0.4 is 9.52 Å². The van der Waals surface area contributed by atoms with E-state index in [0.29, 0.717) is 28.2 Å². The number of sulfonamides is 1. The zero-order chi connectivity index (χ0) is 25.9.